The number of carbonyl (C=O) groups excluding carboxylic acids is 2. The molecule has 2 aromatic rings. The molecule has 0 unspecified atom stereocenters. The Hall–Kier alpha value is -2.18. The van der Waals surface area contributed by atoms with E-state index in [1.54, 1.807) is 19.1 Å². The minimum atomic E-state index is -0.876. The average molecular weight is 357 g/mol. The zero-order valence-electron chi connectivity index (χ0n) is 12.4. The zero-order valence-corrected chi connectivity index (χ0v) is 13.9. The summed E-state index contributed by atoms with van der Waals surface area (Å²) < 4.78 is 10.5. The van der Waals surface area contributed by atoms with Gasteiger partial charge in [-0.3, -0.25) is 20.4 Å². The highest BCUT2D eigenvalue weighted by atomic mass is 35.5. The molecule has 1 aromatic carbocycles. The van der Waals surface area contributed by atoms with Crippen LogP contribution in [0.15, 0.2) is 34.9 Å². The smallest absolute Gasteiger partial charge is 0.279 e. The van der Waals surface area contributed by atoms with E-state index in [9.17, 15) is 9.59 Å². The molecule has 2 rings (SSSR count). The fraction of sp³-hybridized carbons (Fsp3) is 0.200. The van der Waals surface area contributed by atoms with Crippen LogP contribution in [-0.4, -0.2) is 17.9 Å². The van der Waals surface area contributed by atoms with Gasteiger partial charge in [-0.15, -0.1) is 0 Å². The molecular weight excluding hydrogens is 343 g/mol. The van der Waals surface area contributed by atoms with Gasteiger partial charge in [0.15, 0.2) is 6.10 Å². The minimum absolute atomic E-state index is 0.287. The number of halogens is 2. The van der Waals surface area contributed by atoms with Crippen molar-refractivity contribution in [3.63, 3.8) is 0 Å². The molecule has 0 saturated heterocycles. The Labute approximate surface area is 142 Å². The number of rotatable bonds is 4. The van der Waals surface area contributed by atoms with Crippen molar-refractivity contribution in [1.29, 1.82) is 0 Å². The van der Waals surface area contributed by atoms with E-state index >= 15 is 0 Å². The van der Waals surface area contributed by atoms with E-state index < -0.39 is 17.9 Å². The molecule has 23 heavy (non-hydrogen) atoms. The number of benzene rings is 1. The van der Waals surface area contributed by atoms with Gasteiger partial charge >= 0.3 is 0 Å². The van der Waals surface area contributed by atoms with Crippen LogP contribution in [0.1, 0.15) is 23.0 Å². The summed E-state index contributed by atoms with van der Waals surface area (Å²) in [5.74, 6) is -0.253. The maximum Gasteiger partial charge on any atom is 0.279 e. The molecule has 8 heteroatoms. The van der Waals surface area contributed by atoms with Crippen molar-refractivity contribution in [2.45, 2.75) is 20.0 Å². The fourth-order valence-corrected chi connectivity index (χ4v) is 2.18. The largest absolute Gasteiger partial charge is 0.479 e. The third-order valence-electron chi connectivity index (χ3n) is 2.97. The third kappa shape index (κ3) is 4.40. The van der Waals surface area contributed by atoms with Crippen molar-refractivity contribution >= 4 is 35.0 Å². The Bertz CT molecular complexity index is 730. The van der Waals surface area contributed by atoms with E-state index in [0.717, 1.165) is 0 Å². The monoisotopic (exact) mass is 356 g/mol. The van der Waals surface area contributed by atoms with E-state index in [4.69, 9.17) is 32.4 Å². The lowest BCUT2D eigenvalue weighted by Crippen LogP contribution is -2.47. The lowest BCUT2D eigenvalue weighted by atomic mass is 10.2. The van der Waals surface area contributed by atoms with Crippen molar-refractivity contribution in [2.24, 2.45) is 0 Å². The van der Waals surface area contributed by atoms with Gasteiger partial charge in [0.05, 0.1) is 16.8 Å². The van der Waals surface area contributed by atoms with Crippen LogP contribution in [0.25, 0.3) is 0 Å². The second-order valence-electron chi connectivity index (χ2n) is 4.67. The van der Waals surface area contributed by atoms with Crippen LogP contribution in [0.3, 0.4) is 0 Å². The lowest BCUT2D eigenvalue weighted by Gasteiger charge is -2.16. The number of ether oxygens (including phenoxy) is 1. The fourth-order valence-electron chi connectivity index (χ4n) is 1.72. The van der Waals surface area contributed by atoms with Gasteiger partial charge in [0.2, 0.25) is 0 Å². The summed E-state index contributed by atoms with van der Waals surface area (Å²) in [4.78, 5) is 23.8. The van der Waals surface area contributed by atoms with Gasteiger partial charge in [-0.25, -0.2) is 0 Å². The van der Waals surface area contributed by atoms with Crippen molar-refractivity contribution in [3.8, 4) is 5.75 Å². The highest BCUT2D eigenvalue weighted by Gasteiger charge is 2.18. The number of nitrogens with one attached hydrogen (secondary N) is 2. The number of aryl methyl sites for hydroxylation is 1. The van der Waals surface area contributed by atoms with Crippen LogP contribution in [0, 0.1) is 6.92 Å². The molecule has 0 bridgehead atoms. The molecule has 1 atom stereocenters. The van der Waals surface area contributed by atoms with Crippen LogP contribution in [0.4, 0.5) is 0 Å². The quantitative estimate of drug-likeness (QED) is 0.824. The van der Waals surface area contributed by atoms with Gasteiger partial charge in [0, 0.05) is 5.02 Å². The number of furan rings is 1. The number of amides is 2. The number of hydrazine groups is 1. The van der Waals surface area contributed by atoms with E-state index in [1.807, 2.05) is 0 Å². The second kappa shape index (κ2) is 7.39. The van der Waals surface area contributed by atoms with Gasteiger partial charge in [0.25, 0.3) is 11.8 Å². The van der Waals surface area contributed by atoms with Crippen LogP contribution in [-0.2, 0) is 4.79 Å². The minimum Gasteiger partial charge on any atom is -0.479 e. The molecule has 6 nitrogen and oxygen atoms in total. The normalized spacial score (nSPS) is 11.7. The van der Waals surface area contributed by atoms with Crippen molar-refractivity contribution in [1.82, 2.24) is 10.9 Å². The summed E-state index contributed by atoms with van der Waals surface area (Å²) in [6.45, 7) is 3.17. The molecule has 2 N–H and O–H groups in total. The lowest BCUT2D eigenvalue weighted by molar-refractivity contribution is -0.128. The topological polar surface area (TPSA) is 80.6 Å². The van der Waals surface area contributed by atoms with Crippen molar-refractivity contribution < 1.29 is 18.7 Å². The Balaban J connectivity index is 1.90. The Kier molecular flexibility index (Phi) is 5.52. The molecule has 0 aliphatic carbocycles. The predicted octanol–water partition coefficient (Wildman–Crippen LogP) is 3.12. The molecule has 122 valence electrons. The van der Waals surface area contributed by atoms with E-state index in [1.165, 1.54) is 25.3 Å². The Morgan fingerprint density at radius 1 is 1.22 bits per heavy atom. The SMILES string of the molecule is Cc1occc1C(=O)NNC(=O)[C@@H](C)Oc1ccc(Cl)cc1Cl. The van der Waals surface area contributed by atoms with E-state index in [-0.39, 0.29) is 5.02 Å². The summed E-state index contributed by atoms with van der Waals surface area (Å²) in [6, 6.07) is 6.16. The van der Waals surface area contributed by atoms with Crippen molar-refractivity contribution in [2.75, 3.05) is 0 Å². The molecule has 0 spiro atoms. The maximum absolute atomic E-state index is 11.9. The first kappa shape index (κ1) is 17.2. The average Bonchev–Trinajstić information content (AvgIpc) is 2.93. The standard InChI is InChI=1S/C15H14Cl2N2O4/c1-8-11(5-6-22-8)15(21)19-18-14(20)9(2)23-13-4-3-10(16)7-12(13)17/h3-7,9H,1-2H3,(H,18,20)(H,19,21)/t9-/m1/s1. The number of hydrogen-bond acceptors (Lipinski definition) is 4. The summed E-state index contributed by atoms with van der Waals surface area (Å²) in [5.41, 5.74) is 4.89. The molecule has 0 aliphatic heterocycles. The van der Waals surface area contributed by atoms with Crippen LogP contribution in [0.2, 0.25) is 10.0 Å². The van der Waals surface area contributed by atoms with Gasteiger partial charge in [-0.1, -0.05) is 23.2 Å². The van der Waals surface area contributed by atoms with Gasteiger partial charge in [-0.2, -0.15) is 0 Å². The van der Waals surface area contributed by atoms with Gasteiger partial charge in [0.1, 0.15) is 11.5 Å². The molecule has 0 saturated carbocycles. The Morgan fingerprint density at radius 3 is 2.57 bits per heavy atom. The van der Waals surface area contributed by atoms with Crippen LogP contribution >= 0.6 is 23.2 Å². The van der Waals surface area contributed by atoms with Gasteiger partial charge < -0.3 is 9.15 Å². The first-order chi connectivity index (χ1) is 10.9. The first-order valence-electron chi connectivity index (χ1n) is 6.64. The summed E-state index contributed by atoms with van der Waals surface area (Å²) in [5, 5.41) is 0.748. The zero-order chi connectivity index (χ0) is 17.0. The maximum atomic E-state index is 11.9. The highest BCUT2D eigenvalue weighted by molar-refractivity contribution is 6.35. The van der Waals surface area contributed by atoms with Crippen LogP contribution < -0.4 is 15.6 Å². The van der Waals surface area contributed by atoms with E-state index in [0.29, 0.717) is 22.1 Å². The summed E-state index contributed by atoms with van der Waals surface area (Å²) >= 11 is 11.8. The Morgan fingerprint density at radius 2 is 1.96 bits per heavy atom. The summed E-state index contributed by atoms with van der Waals surface area (Å²) in [7, 11) is 0. The molecule has 2 amide bonds. The molecular formula is C15H14Cl2N2O4. The molecule has 1 aromatic heterocycles. The molecule has 1 heterocycles. The molecule has 0 aliphatic rings. The highest BCUT2D eigenvalue weighted by Crippen LogP contribution is 2.28. The molecule has 0 fully saturated rings. The summed E-state index contributed by atoms with van der Waals surface area (Å²) in [6.07, 6.45) is 0.514. The van der Waals surface area contributed by atoms with Crippen LogP contribution in [0.5, 0.6) is 5.75 Å². The molecule has 0 radical (unpaired) electrons. The third-order valence-corrected chi connectivity index (χ3v) is 3.50. The predicted molar refractivity (Wildman–Crippen MR) is 85.6 cm³/mol. The first-order valence-corrected chi connectivity index (χ1v) is 7.40. The number of hydrogen-bond donors (Lipinski definition) is 2. The van der Waals surface area contributed by atoms with Crippen molar-refractivity contribution in [3.05, 3.63) is 51.9 Å². The van der Waals surface area contributed by atoms with E-state index in [2.05, 4.69) is 10.9 Å². The van der Waals surface area contributed by atoms with Gasteiger partial charge in [-0.05, 0) is 38.1 Å². The number of carbonyl (C=O) groups is 2. The second-order valence-corrected chi connectivity index (χ2v) is 5.51.